The highest BCUT2D eigenvalue weighted by Gasteiger charge is 2.26. The molecule has 0 aliphatic heterocycles. The Balaban J connectivity index is 2.05. The van der Waals surface area contributed by atoms with Crippen LogP contribution >= 0.6 is 0 Å². The van der Waals surface area contributed by atoms with Crippen molar-refractivity contribution in [2.75, 3.05) is 0 Å². The van der Waals surface area contributed by atoms with Crippen molar-refractivity contribution in [3.05, 3.63) is 59.4 Å². The molecule has 0 atom stereocenters. The lowest BCUT2D eigenvalue weighted by Gasteiger charge is -2.23. The third-order valence-corrected chi connectivity index (χ3v) is 4.79. The van der Waals surface area contributed by atoms with Gasteiger partial charge in [0.15, 0.2) is 0 Å². The number of benzene rings is 1. The molecular weight excluding hydrogens is 296 g/mol. The van der Waals surface area contributed by atoms with Crippen LogP contribution in [0.25, 0.3) is 0 Å². The van der Waals surface area contributed by atoms with E-state index in [4.69, 9.17) is 4.99 Å². The normalized spacial score (nSPS) is 16.2. The molecule has 1 aliphatic rings. The van der Waals surface area contributed by atoms with E-state index >= 15 is 0 Å². The van der Waals surface area contributed by atoms with E-state index in [1.807, 2.05) is 18.2 Å². The summed E-state index contributed by atoms with van der Waals surface area (Å²) in [6.45, 7) is 4.10. The molecule has 0 unspecified atom stereocenters. The standard InChI is InChI=1S/C21H24N2O/c1-15-9-8-10-16(2)19(15)23-20(17-11-4-3-5-12-17)21(24)18-13-6-7-14-22-18/h6-10,13-14,17H,3-5,11-12H2,1-2H3. The summed E-state index contributed by atoms with van der Waals surface area (Å²) < 4.78 is 0. The molecule has 0 bridgehead atoms. The number of nitrogens with zero attached hydrogens (tertiary/aromatic N) is 2. The second-order valence-corrected chi connectivity index (χ2v) is 6.62. The number of pyridine rings is 1. The molecule has 1 aromatic carbocycles. The second-order valence-electron chi connectivity index (χ2n) is 6.62. The number of aromatic nitrogens is 1. The van der Waals surface area contributed by atoms with Gasteiger partial charge in [0.05, 0.1) is 11.4 Å². The Bertz CT molecular complexity index is 723. The van der Waals surface area contributed by atoms with Crippen molar-refractivity contribution in [1.82, 2.24) is 4.98 Å². The van der Waals surface area contributed by atoms with Crippen molar-refractivity contribution >= 4 is 17.2 Å². The van der Waals surface area contributed by atoms with E-state index in [9.17, 15) is 4.79 Å². The van der Waals surface area contributed by atoms with Gasteiger partial charge < -0.3 is 0 Å². The Morgan fingerprint density at radius 1 is 1.00 bits per heavy atom. The first kappa shape index (κ1) is 16.6. The molecule has 0 amide bonds. The molecule has 1 aliphatic carbocycles. The zero-order chi connectivity index (χ0) is 16.9. The summed E-state index contributed by atoms with van der Waals surface area (Å²) in [5.41, 5.74) is 4.33. The molecule has 0 N–H and O–H groups in total. The van der Waals surface area contributed by atoms with Crippen LogP contribution in [0, 0.1) is 19.8 Å². The minimum atomic E-state index is -0.0230. The number of carbonyl (C=O) groups is 1. The average molecular weight is 320 g/mol. The molecular formula is C21H24N2O. The highest BCUT2D eigenvalue weighted by Crippen LogP contribution is 2.30. The number of carbonyl (C=O) groups excluding carboxylic acids is 1. The highest BCUT2D eigenvalue weighted by molar-refractivity contribution is 6.46. The Morgan fingerprint density at radius 3 is 2.33 bits per heavy atom. The molecule has 2 aromatic rings. The molecule has 0 saturated heterocycles. The summed E-state index contributed by atoms with van der Waals surface area (Å²) >= 11 is 0. The van der Waals surface area contributed by atoms with E-state index in [1.165, 1.54) is 19.3 Å². The lowest BCUT2D eigenvalue weighted by molar-refractivity contribution is 0.105. The SMILES string of the molecule is Cc1cccc(C)c1N=C(C(=O)c1ccccn1)C1CCCCC1. The van der Waals surface area contributed by atoms with Crippen LogP contribution in [0.4, 0.5) is 5.69 Å². The Hall–Kier alpha value is -2.29. The van der Waals surface area contributed by atoms with Gasteiger partial charge >= 0.3 is 0 Å². The van der Waals surface area contributed by atoms with Gasteiger partial charge in [0.2, 0.25) is 5.78 Å². The number of hydrogen-bond donors (Lipinski definition) is 0. The minimum Gasteiger partial charge on any atom is -0.285 e. The van der Waals surface area contributed by atoms with Gasteiger partial charge in [0.1, 0.15) is 5.69 Å². The zero-order valence-electron chi connectivity index (χ0n) is 14.5. The molecule has 0 spiro atoms. The van der Waals surface area contributed by atoms with E-state index < -0.39 is 0 Å². The first-order valence-electron chi connectivity index (χ1n) is 8.77. The predicted octanol–water partition coefficient (Wildman–Crippen LogP) is 5.23. The van der Waals surface area contributed by atoms with Crippen LogP contribution in [0.2, 0.25) is 0 Å². The second kappa shape index (κ2) is 7.52. The van der Waals surface area contributed by atoms with Crippen molar-refractivity contribution in [2.45, 2.75) is 46.0 Å². The van der Waals surface area contributed by atoms with Gasteiger partial charge in [-0.1, -0.05) is 43.5 Å². The lowest BCUT2D eigenvalue weighted by Crippen LogP contribution is -2.26. The van der Waals surface area contributed by atoms with Crippen molar-refractivity contribution < 1.29 is 4.79 Å². The third-order valence-electron chi connectivity index (χ3n) is 4.79. The van der Waals surface area contributed by atoms with Gasteiger partial charge in [0.25, 0.3) is 0 Å². The van der Waals surface area contributed by atoms with Gasteiger partial charge in [-0.15, -0.1) is 0 Å². The third kappa shape index (κ3) is 3.61. The molecule has 0 radical (unpaired) electrons. The van der Waals surface area contributed by atoms with E-state index in [0.29, 0.717) is 11.4 Å². The van der Waals surface area contributed by atoms with E-state index in [0.717, 1.165) is 29.7 Å². The van der Waals surface area contributed by atoms with Crippen LogP contribution in [-0.2, 0) is 0 Å². The fourth-order valence-electron chi connectivity index (χ4n) is 3.43. The maximum absolute atomic E-state index is 13.1. The number of Topliss-reactive ketones (excluding diaryl/α,β-unsaturated/α-hetero) is 1. The zero-order valence-corrected chi connectivity index (χ0v) is 14.5. The summed E-state index contributed by atoms with van der Waals surface area (Å²) in [6.07, 6.45) is 7.36. The quantitative estimate of drug-likeness (QED) is 0.571. The van der Waals surface area contributed by atoms with Crippen LogP contribution < -0.4 is 0 Å². The van der Waals surface area contributed by atoms with Crippen LogP contribution in [0.5, 0.6) is 0 Å². The molecule has 3 rings (SSSR count). The van der Waals surface area contributed by atoms with E-state index in [1.54, 1.807) is 12.3 Å². The van der Waals surface area contributed by atoms with Gasteiger partial charge in [-0.25, -0.2) is 4.99 Å². The van der Waals surface area contributed by atoms with Gasteiger partial charge in [-0.05, 0) is 49.9 Å². The first-order valence-corrected chi connectivity index (χ1v) is 8.77. The number of para-hydroxylation sites is 1. The average Bonchev–Trinajstić information content (AvgIpc) is 2.62. The van der Waals surface area contributed by atoms with E-state index in [2.05, 4.69) is 31.0 Å². The van der Waals surface area contributed by atoms with E-state index in [-0.39, 0.29) is 11.7 Å². The summed E-state index contributed by atoms with van der Waals surface area (Å²) in [6, 6.07) is 11.6. The molecule has 3 heteroatoms. The molecule has 1 saturated carbocycles. The first-order chi connectivity index (χ1) is 11.7. The molecule has 1 fully saturated rings. The van der Waals surface area contributed by atoms with Crippen LogP contribution in [0.1, 0.15) is 53.7 Å². The highest BCUT2D eigenvalue weighted by atomic mass is 16.1. The lowest BCUT2D eigenvalue weighted by atomic mass is 9.83. The summed E-state index contributed by atoms with van der Waals surface area (Å²) in [7, 11) is 0. The number of ketones is 1. The molecule has 24 heavy (non-hydrogen) atoms. The smallest absolute Gasteiger partial charge is 0.225 e. The molecule has 3 nitrogen and oxygen atoms in total. The maximum atomic E-state index is 13.1. The minimum absolute atomic E-state index is 0.0230. The van der Waals surface area contributed by atoms with Crippen LogP contribution in [0.3, 0.4) is 0 Å². The summed E-state index contributed by atoms with van der Waals surface area (Å²) in [4.78, 5) is 22.2. The largest absolute Gasteiger partial charge is 0.285 e. The predicted molar refractivity (Wildman–Crippen MR) is 98.2 cm³/mol. The van der Waals surface area contributed by atoms with Crippen molar-refractivity contribution in [3.8, 4) is 0 Å². The molecule has 1 aromatic heterocycles. The van der Waals surface area contributed by atoms with Gasteiger partial charge in [-0.3, -0.25) is 9.78 Å². The topological polar surface area (TPSA) is 42.3 Å². The Morgan fingerprint density at radius 2 is 1.71 bits per heavy atom. The number of aliphatic imine (C=N–C) groups is 1. The fourth-order valence-corrected chi connectivity index (χ4v) is 3.43. The number of rotatable bonds is 4. The maximum Gasteiger partial charge on any atom is 0.225 e. The molecule has 124 valence electrons. The Kier molecular flexibility index (Phi) is 5.19. The van der Waals surface area contributed by atoms with Crippen LogP contribution in [-0.4, -0.2) is 16.5 Å². The fraction of sp³-hybridized carbons (Fsp3) is 0.381. The summed E-state index contributed by atoms with van der Waals surface area (Å²) in [5, 5.41) is 0. The van der Waals surface area contributed by atoms with Crippen molar-refractivity contribution in [1.29, 1.82) is 0 Å². The van der Waals surface area contributed by atoms with Crippen molar-refractivity contribution in [2.24, 2.45) is 10.9 Å². The van der Waals surface area contributed by atoms with Crippen molar-refractivity contribution in [3.63, 3.8) is 0 Å². The van der Waals surface area contributed by atoms with Gasteiger partial charge in [-0.2, -0.15) is 0 Å². The number of hydrogen-bond acceptors (Lipinski definition) is 3. The van der Waals surface area contributed by atoms with Crippen LogP contribution in [0.15, 0.2) is 47.6 Å². The molecule has 1 heterocycles. The Labute approximate surface area is 143 Å². The number of aryl methyl sites for hydroxylation is 2. The monoisotopic (exact) mass is 320 g/mol. The van der Waals surface area contributed by atoms with Gasteiger partial charge in [0, 0.05) is 12.1 Å². The summed E-state index contributed by atoms with van der Waals surface area (Å²) in [5.74, 6) is 0.220.